The maximum absolute atomic E-state index is 12.0. The van der Waals surface area contributed by atoms with Crippen molar-refractivity contribution in [2.75, 3.05) is 11.9 Å². The number of nitrogens with one attached hydrogen (secondary N) is 1. The van der Waals surface area contributed by atoms with Gasteiger partial charge in [-0.05, 0) is 31.0 Å². The van der Waals surface area contributed by atoms with Crippen LogP contribution in [0.5, 0.6) is 0 Å². The molecule has 2 rings (SSSR count). The summed E-state index contributed by atoms with van der Waals surface area (Å²) in [7, 11) is 0. The van der Waals surface area contributed by atoms with Gasteiger partial charge in [-0.2, -0.15) is 5.26 Å². The Kier molecular flexibility index (Phi) is 3.95. The van der Waals surface area contributed by atoms with Gasteiger partial charge in [0.05, 0.1) is 6.07 Å². The fourth-order valence-electron chi connectivity index (χ4n) is 1.97. The van der Waals surface area contributed by atoms with Gasteiger partial charge < -0.3 is 10.2 Å². The number of urea groups is 1. The molecule has 4 nitrogen and oxygen atoms in total. The van der Waals surface area contributed by atoms with Crippen molar-refractivity contribution in [2.24, 2.45) is 0 Å². The second-order valence-corrected chi connectivity index (χ2v) is 4.94. The molecule has 0 spiro atoms. The molecule has 0 saturated carbocycles. The average molecular weight is 284 g/mol. The Morgan fingerprint density at radius 2 is 2.06 bits per heavy atom. The molecule has 1 aromatic rings. The van der Waals surface area contributed by atoms with Crippen molar-refractivity contribution in [1.29, 1.82) is 5.26 Å². The highest BCUT2D eigenvalue weighted by molar-refractivity contribution is 6.35. The number of nitriles is 1. The van der Waals surface area contributed by atoms with Gasteiger partial charge in [-0.25, -0.2) is 4.79 Å². The van der Waals surface area contributed by atoms with E-state index in [1.54, 1.807) is 18.2 Å². The van der Waals surface area contributed by atoms with E-state index in [0.717, 1.165) is 12.8 Å². The van der Waals surface area contributed by atoms with E-state index in [-0.39, 0.29) is 12.1 Å². The summed E-state index contributed by atoms with van der Waals surface area (Å²) in [6.45, 7) is 0.596. The zero-order valence-electron chi connectivity index (χ0n) is 9.49. The van der Waals surface area contributed by atoms with Crippen LogP contribution < -0.4 is 5.32 Å². The number of halogens is 2. The van der Waals surface area contributed by atoms with E-state index in [4.69, 9.17) is 28.5 Å². The predicted octanol–water partition coefficient (Wildman–Crippen LogP) is 3.51. The van der Waals surface area contributed by atoms with E-state index in [9.17, 15) is 4.79 Å². The molecule has 1 aromatic carbocycles. The number of likely N-dealkylation sites (tertiary alicyclic amines) is 1. The van der Waals surface area contributed by atoms with Crippen LogP contribution in [0.4, 0.5) is 10.5 Å². The van der Waals surface area contributed by atoms with Crippen LogP contribution in [0.3, 0.4) is 0 Å². The molecule has 1 heterocycles. The lowest BCUT2D eigenvalue weighted by Crippen LogP contribution is -2.37. The molecule has 2 amide bonds. The van der Waals surface area contributed by atoms with E-state index in [2.05, 4.69) is 11.4 Å². The number of hydrogen-bond acceptors (Lipinski definition) is 2. The van der Waals surface area contributed by atoms with Gasteiger partial charge in [-0.15, -0.1) is 0 Å². The number of anilines is 1. The minimum atomic E-state index is -0.348. The summed E-state index contributed by atoms with van der Waals surface area (Å²) < 4.78 is 0. The zero-order chi connectivity index (χ0) is 13.1. The predicted molar refractivity (Wildman–Crippen MR) is 70.8 cm³/mol. The molecule has 0 bridgehead atoms. The second kappa shape index (κ2) is 5.47. The minimum absolute atomic E-state index is 0.294. The average Bonchev–Trinajstić information content (AvgIpc) is 2.75. The highest BCUT2D eigenvalue weighted by atomic mass is 35.5. The van der Waals surface area contributed by atoms with Crippen LogP contribution in [0, 0.1) is 11.3 Å². The van der Waals surface area contributed by atoms with Crippen molar-refractivity contribution in [3.8, 4) is 6.07 Å². The fraction of sp³-hybridized carbons (Fsp3) is 0.333. The molecule has 1 unspecified atom stereocenters. The van der Waals surface area contributed by atoms with Crippen molar-refractivity contribution >= 4 is 34.9 Å². The Labute approximate surface area is 115 Å². The van der Waals surface area contributed by atoms with Crippen LogP contribution in [-0.4, -0.2) is 23.5 Å². The van der Waals surface area contributed by atoms with Crippen molar-refractivity contribution < 1.29 is 4.79 Å². The summed E-state index contributed by atoms with van der Waals surface area (Å²) in [6.07, 6.45) is 1.57. The molecule has 1 N–H and O–H groups in total. The summed E-state index contributed by atoms with van der Waals surface area (Å²) in [5.41, 5.74) is 0.529. The lowest BCUT2D eigenvalue weighted by Gasteiger charge is -2.20. The van der Waals surface area contributed by atoms with E-state index < -0.39 is 0 Å². The van der Waals surface area contributed by atoms with Crippen molar-refractivity contribution in [1.82, 2.24) is 4.90 Å². The first-order valence-electron chi connectivity index (χ1n) is 5.53. The highest BCUT2D eigenvalue weighted by Gasteiger charge is 2.28. The molecule has 94 valence electrons. The molecule has 1 atom stereocenters. The maximum atomic E-state index is 12.0. The minimum Gasteiger partial charge on any atom is -0.308 e. The molecule has 1 aliphatic heterocycles. The van der Waals surface area contributed by atoms with E-state index in [1.165, 1.54) is 4.90 Å². The molecule has 18 heavy (non-hydrogen) atoms. The van der Waals surface area contributed by atoms with Gasteiger partial charge in [0.25, 0.3) is 0 Å². The monoisotopic (exact) mass is 283 g/mol. The SMILES string of the molecule is N#CC1CCCN1C(=O)Nc1cc(Cl)cc(Cl)c1. The first kappa shape index (κ1) is 13.0. The van der Waals surface area contributed by atoms with Gasteiger partial charge in [0.15, 0.2) is 0 Å². The number of rotatable bonds is 1. The lowest BCUT2D eigenvalue weighted by atomic mass is 10.2. The first-order chi connectivity index (χ1) is 8.60. The summed E-state index contributed by atoms with van der Waals surface area (Å²) in [5, 5.41) is 12.5. The van der Waals surface area contributed by atoms with Gasteiger partial charge in [0.1, 0.15) is 6.04 Å². The molecule has 1 fully saturated rings. The highest BCUT2D eigenvalue weighted by Crippen LogP contribution is 2.24. The second-order valence-electron chi connectivity index (χ2n) is 4.07. The Bertz CT molecular complexity index is 492. The van der Waals surface area contributed by atoms with Gasteiger partial charge in [-0.3, -0.25) is 0 Å². The Morgan fingerprint density at radius 1 is 1.39 bits per heavy atom. The Balaban J connectivity index is 2.09. The van der Waals surface area contributed by atoms with Crippen LogP contribution in [-0.2, 0) is 0 Å². The van der Waals surface area contributed by atoms with Gasteiger partial charge >= 0.3 is 6.03 Å². The molecular formula is C12H11Cl2N3O. The number of benzene rings is 1. The third kappa shape index (κ3) is 2.87. The van der Waals surface area contributed by atoms with Gasteiger partial charge in [0.2, 0.25) is 0 Å². The van der Waals surface area contributed by atoms with Crippen molar-refractivity contribution in [3.05, 3.63) is 28.2 Å². The van der Waals surface area contributed by atoms with Crippen molar-refractivity contribution in [2.45, 2.75) is 18.9 Å². The van der Waals surface area contributed by atoms with Crippen LogP contribution in [0.2, 0.25) is 10.0 Å². The zero-order valence-corrected chi connectivity index (χ0v) is 11.0. The molecule has 0 radical (unpaired) electrons. The quantitative estimate of drug-likeness (QED) is 0.857. The molecule has 6 heteroatoms. The Morgan fingerprint density at radius 3 is 2.67 bits per heavy atom. The topological polar surface area (TPSA) is 56.1 Å². The molecule has 0 aliphatic carbocycles. The number of carbonyl (C=O) groups excluding carboxylic acids is 1. The molecule has 1 saturated heterocycles. The number of nitrogens with zero attached hydrogens (tertiary/aromatic N) is 2. The summed E-state index contributed by atoms with van der Waals surface area (Å²) in [5.74, 6) is 0. The Hall–Kier alpha value is -1.44. The maximum Gasteiger partial charge on any atom is 0.322 e. The van der Waals surface area contributed by atoms with Crippen LogP contribution in [0.1, 0.15) is 12.8 Å². The van der Waals surface area contributed by atoms with Crippen LogP contribution in [0.15, 0.2) is 18.2 Å². The number of carbonyl (C=O) groups is 1. The number of amides is 2. The molecular weight excluding hydrogens is 273 g/mol. The molecule has 0 aromatic heterocycles. The third-order valence-corrected chi connectivity index (χ3v) is 3.21. The van der Waals surface area contributed by atoms with Gasteiger partial charge in [-0.1, -0.05) is 23.2 Å². The van der Waals surface area contributed by atoms with Crippen LogP contribution in [0.25, 0.3) is 0 Å². The first-order valence-corrected chi connectivity index (χ1v) is 6.29. The largest absolute Gasteiger partial charge is 0.322 e. The van der Waals surface area contributed by atoms with Gasteiger partial charge in [0, 0.05) is 22.3 Å². The standard InChI is InChI=1S/C12H11Cl2N3O/c13-8-4-9(14)6-10(5-8)16-12(18)17-3-1-2-11(17)7-15/h4-6,11H,1-3H2,(H,16,18). The third-order valence-electron chi connectivity index (χ3n) is 2.78. The fourth-order valence-corrected chi connectivity index (χ4v) is 2.49. The van der Waals surface area contributed by atoms with E-state index in [1.807, 2.05) is 0 Å². The van der Waals surface area contributed by atoms with Crippen molar-refractivity contribution in [3.63, 3.8) is 0 Å². The molecule has 1 aliphatic rings. The van der Waals surface area contributed by atoms with Crippen LogP contribution >= 0.6 is 23.2 Å². The summed E-state index contributed by atoms with van der Waals surface area (Å²) >= 11 is 11.7. The van der Waals surface area contributed by atoms with E-state index in [0.29, 0.717) is 22.3 Å². The van der Waals surface area contributed by atoms with E-state index >= 15 is 0 Å². The smallest absolute Gasteiger partial charge is 0.308 e. The summed E-state index contributed by atoms with van der Waals surface area (Å²) in [6, 6.07) is 6.29. The number of hydrogen-bond donors (Lipinski definition) is 1. The lowest BCUT2D eigenvalue weighted by molar-refractivity contribution is 0.215. The normalized spacial score (nSPS) is 18.5. The summed E-state index contributed by atoms with van der Waals surface area (Å²) in [4.78, 5) is 13.5.